The van der Waals surface area contributed by atoms with Gasteiger partial charge in [0.2, 0.25) is 0 Å². The molecule has 0 aliphatic rings. The molecule has 0 aromatic heterocycles. The lowest BCUT2D eigenvalue weighted by molar-refractivity contribution is 0.569. The lowest BCUT2D eigenvalue weighted by Crippen LogP contribution is -2.18. The van der Waals surface area contributed by atoms with Crippen LogP contribution in [0.25, 0.3) is 0 Å². The summed E-state index contributed by atoms with van der Waals surface area (Å²) in [7, 11) is 0. The van der Waals surface area contributed by atoms with Gasteiger partial charge in [-0.1, -0.05) is 41.4 Å². The Labute approximate surface area is 118 Å². The van der Waals surface area contributed by atoms with E-state index in [1.807, 2.05) is 6.07 Å². The molecule has 0 amide bonds. The first kappa shape index (κ1) is 14.0. The first-order chi connectivity index (χ1) is 9.06. The zero-order valence-electron chi connectivity index (χ0n) is 11.1. The van der Waals surface area contributed by atoms with E-state index in [0.717, 1.165) is 5.56 Å². The number of nitrogens with one attached hydrogen (secondary N) is 1. The van der Waals surface area contributed by atoms with Crippen LogP contribution in [0.4, 0.5) is 4.39 Å². The largest absolute Gasteiger partial charge is 0.306 e. The molecule has 0 unspecified atom stereocenters. The molecule has 1 atom stereocenters. The van der Waals surface area contributed by atoms with Gasteiger partial charge in [0.15, 0.2) is 0 Å². The molecule has 0 saturated carbocycles. The first-order valence-corrected chi connectivity index (χ1v) is 6.68. The van der Waals surface area contributed by atoms with Crippen molar-refractivity contribution in [3.8, 4) is 0 Å². The fourth-order valence-corrected chi connectivity index (χ4v) is 2.18. The zero-order valence-corrected chi connectivity index (χ0v) is 11.8. The molecule has 1 nitrogen and oxygen atoms in total. The van der Waals surface area contributed by atoms with E-state index < -0.39 is 0 Å². The van der Waals surface area contributed by atoms with Gasteiger partial charge in [0.1, 0.15) is 5.82 Å². The molecule has 0 aliphatic heterocycles. The van der Waals surface area contributed by atoms with Crippen molar-refractivity contribution in [3.05, 3.63) is 70.0 Å². The second-order valence-electron chi connectivity index (χ2n) is 4.75. The van der Waals surface area contributed by atoms with E-state index in [9.17, 15) is 4.39 Å². The maximum absolute atomic E-state index is 13.2. The topological polar surface area (TPSA) is 12.0 Å². The van der Waals surface area contributed by atoms with E-state index in [1.54, 1.807) is 6.07 Å². The Morgan fingerprint density at radius 1 is 1.21 bits per heavy atom. The predicted octanol–water partition coefficient (Wildman–Crippen LogP) is 4.64. The third-order valence-electron chi connectivity index (χ3n) is 3.15. The number of halogens is 2. The molecular weight excluding hydrogens is 261 g/mol. The maximum Gasteiger partial charge on any atom is 0.123 e. The Bertz CT molecular complexity index is 568. The summed E-state index contributed by atoms with van der Waals surface area (Å²) in [6.07, 6.45) is 0. The van der Waals surface area contributed by atoms with Gasteiger partial charge in [0, 0.05) is 17.6 Å². The standard InChI is InChI=1S/C16H17ClFN/c1-11-4-3-5-13(8-11)12(2)19-10-14-9-15(18)6-7-16(14)17/h3-9,12,19H,10H2,1-2H3/t12-/m0/s1. The molecule has 1 N–H and O–H groups in total. The molecule has 2 aromatic carbocycles. The molecule has 3 heteroatoms. The molecule has 100 valence electrons. The van der Waals surface area contributed by atoms with Gasteiger partial charge < -0.3 is 5.32 Å². The van der Waals surface area contributed by atoms with Gasteiger partial charge in [-0.15, -0.1) is 0 Å². The number of rotatable bonds is 4. The van der Waals surface area contributed by atoms with Crippen LogP contribution in [0, 0.1) is 12.7 Å². The molecule has 0 saturated heterocycles. The number of hydrogen-bond donors (Lipinski definition) is 1. The smallest absolute Gasteiger partial charge is 0.123 e. The second kappa shape index (κ2) is 6.18. The van der Waals surface area contributed by atoms with Gasteiger partial charge in [0.05, 0.1) is 0 Å². The Balaban J connectivity index is 2.04. The van der Waals surface area contributed by atoms with E-state index in [4.69, 9.17) is 11.6 Å². The number of hydrogen-bond acceptors (Lipinski definition) is 1. The third kappa shape index (κ3) is 3.79. The van der Waals surface area contributed by atoms with Crippen molar-refractivity contribution in [2.24, 2.45) is 0 Å². The summed E-state index contributed by atoms with van der Waals surface area (Å²) in [5.41, 5.74) is 3.23. The normalized spacial score (nSPS) is 12.4. The minimum Gasteiger partial charge on any atom is -0.306 e. The van der Waals surface area contributed by atoms with Crippen molar-refractivity contribution < 1.29 is 4.39 Å². The van der Waals surface area contributed by atoms with Crippen molar-refractivity contribution in [3.63, 3.8) is 0 Å². The first-order valence-electron chi connectivity index (χ1n) is 6.30. The molecule has 19 heavy (non-hydrogen) atoms. The van der Waals surface area contributed by atoms with Crippen LogP contribution in [0.2, 0.25) is 5.02 Å². The summed E-state index contributed by atoms with van der Waals surface area (Å²) < 4.78 is 13.2. The average molecular weight is 278 g/mol. The number of benzene rings is 2. The van der Waals surface area contributed by atoms with Crippen LogP contribution in [0.1, 0.15) is 29.7 Å². The lowest BCUT2D eigenvalue weighted by atomic mass is 10.1. The second-order valence-corrected chi connectivity index (χ2v) is 5.16. The quantitative estimate of drug-likeness (QED) is 0.858. The lowest BCUT2D eigenvalue weighted by Gasteiger charge is -2.15. The van der Waals surface area contributed by atoms with E-state index in [2.05, 4.69) is 37.4 Å². The summed E-state index contributed by atoms with van der Waals surface area (Å²) in [4.78, 5) is 0. The van der Waals surface area contributed by atoms with Gasteiger partial charge >= 0.3 is 0 Å². The predicted molar refractivity (Wildman–Crippen MR) is 77.8 cm³/mol. The van der Waals surface area contributed by atoms with E-state index >= 15 is 0 Å². The van der Waals surface area contributed by atoms with Crippen molar-refractivity contribution in [1.82, 2.24) is 5.32 Å². The van der Waals surface area contributed by atoms with Crippen molar-refractivity contribution in [1.29, 1.82) is 0 Å². The average Bonchev–Trinajstić information content (AvgIpc) is 2.39. The highest BCUT2D eigenvalue weighted by atomic mass is 35.5. The van der Waals surface area contributed by atoms with Gasteiger partial charge in [-0.25, -0.2) is 4.39 Å². The van der Waals surface area contributed by atoms with Gasteiger partial charge in [0.25, 0.3) is 0 Å². The Hall–Kier alpha value is -1.38. The van der Waals surface area contributed by atoms with Crippen LogP contribution in [0.15, 0.2) is 42.5 Å². The Kier molecular flexibility index (Phi) is 4.56. The molecule has 2 rings (SSSR count). The van der Waals surface area contributed by atoms with Gasteiger partial charge in [-0.3, -0.25) is 0 Å². The van der Waals surface area contributed by atoms with Crippen LogP contribution < -0.4 is 5.32 Å². The van der Waals surface area contributed by atoms with E-state index in [0.29, 0.717) is 11.6 Å². The number of aryl methyl sites for hydroxylation is 1. The van der Waals surface area contributed by atoms with Crippen LogP contribution in [-0.2, 0) is 6.54 Å². The highest BCUT2D eigenvalue weighted by Gasteiger charge is 2.07. The molecule has 0 fully saturated rings. The van der Waals surface area contributed by atoms with E-state index in [1.165, 1.54) is 23.3 Å². The highest BCUT2D eigenvalue weighted by molar-refractivity contribution is 6.31. The Morgan fingerprint density at radius 2 is 2.00 bits per heavy atom. The molecule has 2 aromatic rings. The van der Waals surface area contributed by atoms with Crippen LogP contribution in [0.3, 0.4) is 0 Å². The van der Waals surface area contributed by atoms with E-state index in [-0.39, 0.29) is 11.9 Å². The van der Waals surface area contributed by atoms with Crippen molar-refractivity contribution >= 4 is 11.6 Å². The van der Waals surface area contributed by atoms with Crippen LogP contribution in [-0.4, -0.2) is 0 Å². The van der Waals surface area contributed by atoms with Crippen molar-refractivity contribution in [2.45, 2.75) is 26.4 Å². The third-order valence-corrected chi connectivity index (χ3v) is 3.52. The SMILES string of the molecule is Cc1cccc([C@H](C)NCc2cc(F)ccc2Cl)c1. The molecule has 0 bridgehead atoms. The van der Waals surface area contributed by atoms with Crippen LogP contribution >= 0.6 is 11.6 Å². The monoisotopic (exact) mass is 277 g/mol. The molecular formula is C16H17ClFN. The summed E-state index contributed by atoms with van der Waals surface area (Å²) in [6.45, 7) is 4.70. The molecule has 0 heterocycles. The summed E-state index contributed by atoms with van der Waals surface area (Å²) in [5.74, 6) is -0.260. The van der Waals surface area contributed by atoms with Gasteiger partial charge in [-0.2, -0.15) is 0 Å². The fourth-order valence-electron chi connectivity index (χ4n) is 2.00. The minimum absolute atomic E-state index is 0.194. The zero-order chi connectivity index (χ0) is 13.8. The van der Waals surface area contributed by atoms with Gasteiger partial charge in [-0.05, 0) is 43.2 Å². The highest BCUT2D eigenvalue weighted by Crippen LogP contribution is 2.19. The van der Waals surface area contributed by atoms with Crippen LogP contribution in [0.5, 0.6) is 0 Å². The maximum atomic E-state index is 13.2. The minimum atomic E-state index is -0.260. The summed E-state index contributed by atoms with van der Waals surface area (Å²) in [5, 5.41) is 3.95. The Morgan fingerprint density at radius 3 is 2.74 bits per heavy atom. The fraction of sp³-hybridized carbons (Fsp3) is 0.250. The summed E-state index contributed by atoms with van der Waals surface area (Å²) >= 11 is 6.04. The summed E-state index contributed by atoms with van der Waals surface area (Å²) in [6, 6.07) is 13.0. The molecule has 0 radical (unpaired) electrons. The van der Waals surface area contributed by atoms with Crippen molar-refractivity contribution in [2.75, 3.05) is 0 Å². The molecule has 0 spiro atoms. The molecule has 0 aliphatic carbocycles.